The van der Waals surface area contributed by atoms with Gasteiger partial charge in [-0.2, -0.15) is 0 Å². The molecule has 8 heteroatoms. The summed E-state index contributed by atoms with van der Waals surface area (Å²) in [5.41, 5.74) is 0. The number of aliphatic hydroxyl groups is 1. The van der Waals surface area contributed by atoms with E-state index in [4.69, 9.17) is 24.0 Å². The average Bonchev–Trinajstić information content (AvgIpc) is 2.41. The van der Waals surface area contributed by atoms with Crippen molar-refractivity contribution in [2.45, 2.75) is 24.3 Å². The molecule has 5 atom stereocenters. The van der Waals surface area contributed by atoms with Gasteiger partial charge in [0.15, 0.2) is 0 Å². The second-order valence-electron chi connectivity index (χ2n) is 3.11. The summed E-state index contributed by atoms with van der Waals surface area (Å²) in [6, 6.07) is -0.261. The van der Waals surface area contributed by atoms with E-state index in [2.05, 4.69) is 0 Å². The summed E-state index contributed by atoms with van der Waals surface area (Å²) in [6.07, 6.45) is -1.71. The first-order chi connectivity index (χ1) is 6.60. The van der Waals surface area contributed by atoms with Crippen molar-refractivity contribution in [3.63, 3.8) is 0 Å². The van der Waals surface area contributed by atoms with Gasteiger partial charge in [-0.1, -0.05) is 0 Å². The Morgan fingerprint density at radius 1 is 1.57 bits per heavy atom. The fourth-order valence-electron chi connectivity index (χ4n) is 1.64. The monoisotopic (exact) mass is 224 g/mol. The van der Waals surface area contributed by atoms with E-state index >= 15 is 0 Å². The van der Waals surface area contributed by atoms with Gasteiger partial charge in [0.25, 0.3) is 0 Å². The van der Waals surface area contributed by atoms with Crippen molar-refractivity contribution in [1.82, 2.24) is 0 Å². The highest BCUT2D eigenvalue weighted by atomic mass is 31.1. The minimum absolute atomic E-state index is 0.260. The first-order valence-corrected chi connectivity index (χ1v) is 5.55. The highest BCUT2D eigenvalue weighted by Gasteiger charge is 2.43. The fourth-order valence-corrected chi connectivity index (χ4v) is 2.16. The topological polar surface area (TPSA) is 85.2 Å². The Hall–Kier alpha value is 0.0949. The molecule has 0 aromatic carbocycles. The van der Waals surface area contributed by atoms with Crippen molar-refractivity contribution < 1.29 is 28.6 Å². The van der Waals surface area contributed by atoms with Gasteiger partial charge in [-0.15, -0.1) is 0 Å². The van der Waals surface area contributed by atoms with Crippen LogP contribution in [0.3, 0.4) is 0 Å². The second-order valence-corrected chi connectivity index (χ2v) is 3.88. The van der Waals surface area contributed by atoms with Gasteiger partial charge in [0.05, 0.1) is 12.6 Å². The summed E-state index contributed by atoms with van der Waals surface area (Å²) < 4.78 is 25.7. The molecular formula is C6H14BO6P. The minimum atomic E-state index is -3.05. The quantitative estimate of drug-likeness (QED) is 0.429. The third-order valence-corrected chi connectivity index (χ3v) is 2.71. The van der Waals surface area contributed by atoms with E-state index in [-0.39, 0.29) is 12.6 Å². The molecule has 1 fully saturated rings. The number of hydrogen-bond donors (Lipinski definition) is 2. The SMILES string of the molecule is B[C@@H]1O[C@H](CO)C(O[PH](=O)O)C1OC. The molecule has 0 aliphatic carbocycles. The molecular weight excluding hydrogens is 210 g/mol. The highest BCUT2D eigenvalue weighted by molar-refractivity contribution is 7.32. The Morgan fingerprint density at radius 2 is 2.21 bits per heavy atom. The number of hydrogen-bond acceptors (Lipinski definition) is 5. The van der Waals surface area contributed by atoms with Crippen molar-refractivity contribution in [2.75, 3.05) is 13.7 Å². The Balaban J connectivity index is 2.68. The summed E-state index contributed by atoms with van der Waals surface area (Å²) in [6.45, 7) is -0.260. The van der Waals surface area contributed by atoms with Crippen molar-refractivity contribution in [3.8, 4) is 0 Å². The molecule has 0 saturated carbocycles. The van der Waals surface area contributed by atoms with Crippen molar-refractivity contribution in [1.29, 1.82) is 0 Å². The van der Waals surface area contributed by atoms with E-state index in [0.29, 0.717) is 0 Å². The summed E-state index contributed by atoms with van der Waals surface area (Å²) in [5, 5.41) is 8.95. The Kier molecular flexibility index (Phi) is 4.57. The van der Waals surface area contributed by atoms with Crippen LogP contribution in [-0.4, -0.2) is 55.9 Å². The first kappa shape index (κ1) is 12.2. The zero-order chi connectivity index (χ0) is 10.7. The lowest BCUT2D eigenvalue weighted by Gasteiger charge is -2.20. The summed E-state index contributed by atoms with van der Waals surface area (Å²) in [4.78, 5) is 8.66. The standard InChI is InChI=1S/C6H14BO6P/c1-11-5-4(13-14(9)10)3(2-8)12-6(5)7/h3-6,8,14H,2,7H2,1H3,(H,9,10)/t3-,4?,5?,6-/m1/s1. The first-order valence-electron chi connectivity index (χ1n) is 4.28. The molecule has 3 unspecified atom stereocenters. The van der Waals surface area contributed by atoms with Crippen LogP contribution in [0.15, 0.2) is 0 Å². The van der Waals surface area contributed by atoms with Crippen LogP contribution < -0.4 is 0 Å². The predicted octanol–water partition coefficient (Wildman–Crippen LogP) is -1.88. The van der Waals surface area contributed by atoms with Crippen LogP contribution in [0.2, 0.25) is 0 Å². The molecule has 6 nitrogen and oxygen atoms in total. The molecule has 82 valence electrons. The van der Waals surface area contributed by atoms with Crippen LogP contribution in [0.4, 0.5) is 0 Å². The molecule has 0 aromatic heterocycles. The van der Waals surface area contributed by atoms with Gasteiger partial charge in [-0.25, -0.2) is 0 Å². The normalized spacial score (nSPS) is 39.9. The van der Waals surface area contributed by atoms with E-state index < -0.39 is 26.6 Å². The van der Waals surface area contributed by atoms with Gasteiger partial charge in [0.2, 0.25) is 0 Å². The molecule has 0 spiro atoms. The zero-order valence-corrected chi connectivity index (χ0v) is 9.04. The maximum atomic E-state index is 10.6. The highest BCUT2D eigenvalue weighted by Crippen LogP contribution is 2.31. The molecule has 1 aliphatic rings. The summed E-state index contributed by atoms with van der Waals surface area (Å²) in [7, 11) is 0.180. The third kappa shape index (κ3) is 2.56. The Morgan fingerprint density at radius 3 is 2.64 bits per heavy atom. The minimum Gasteiger partial charge on any atom is -0.394 e. The van der Waals surface area contributed by atoms with E-state index in [9.17, 15) is 4.57 Å². The van der Waals surface area contributed by atoms with Gasteiger partial charge in [0, 0.05) is 7.11 Å². The van der Waals surface area contributed by atoms with E-state index in [1.54, 1.807) is 7.85 Å². The van der Waals surface area contributed by atoms with Crippen LogP contribution in [0.25, 0.3) is 0 Å². The van der Waals surface area contributed by atoms with Crippen molar-refractivity contribution >= 4 is 16.1 Å². The van der Waals surface area contributed by atoms with Gasteiger partial charge in [-0.05, 0) is 0 Å². The van der Waals surface area contributed by atoms with Gasteiger partial charge in [-0.3, -0.25) is 4.57 Å². The molecule has 1 heterocycles. The van der Waals surface area contributed by atoms with Crippen LogP contribution in [0.1, 0.15) is 0 Å². The smallest absolute Gasteiger partial charge is 0.317 e. The van der Waals surface area contributed by atoms with Crippen LogP contribution >= 0.6 is 8.25 Å². The van der Waals surface area contributed by atoms with Crippen LogP contribution in [-0.2, 0) is 18.6 Å². The largest absolute Gasteiger partial charge is 0.394 e. The zero-order valence-electron chi connectivity index (χ0n) is 8.04. The summed E-state index contributed by atoms with van der Waals surface area (Å²) >= 11 is 0. The maximum absolute atomic E-state index is 10.6. The average molecular weight is 224 g/mol. The maximum Gasteiger partial charge on any atom is 0.317 e. The number of ether oxygens (including phenoxy) is 2. The number of rotatable bonds is 4. The Bertz CT molecular complexity index is 214. The summed E-state index contributed by atoms with van der Waals surface area (Å²) in [5.74, 6) is 0. The molecule has 0 amide bonds. The molecule has 2 N–H and O–H groups in total. The van der Waals surface area contributed by atoms with Crippen LogP contribution in [0.5, 0.6) is 0 Å². The van der Waals surface area contributed by atoms with E-state index in [1.807, 2.05) is 0 Å². The molecule has 1 saturated heterocycles. The van der Waals surface area contributed by atoms with E-state index in [0.717, 1.165) is 0 Å². The fraction of sp³-hybridized carbons (Fsp3) is 1.00. The molecule has 1 rings (SSSR count). The number of methoxy groups -OCH3 is 1. The Labute approximate surface area is 83.5 Å². The second kappa shape index (κ2) is 5.25. The molecule has 14 heavy (non-hydrogen) atoms. The van der Waals surface area contributed by atoms with Crippen LogP contribution in [0, 0.1) is 0 Å². The number of aliphatic hydroxyl groups excluding tert-OH is 1. The molecule has 1 aliphatic heterocycles. The van der Waals surface area contributed by atoms with Crippen molar-refractivity contribution in [2.24, 2.45) is 0 Å². The third-order valence-electron chi connectivity index (χ3n) is 2.23. The van der Waals surface area contributed by atoms with Gasteiger partial charge in [0.1, 0.15) is 26.2 Å². The van der Waals surface area contributed by atoms with Gasteiger partial charge < -0.3 is 24.0 Å². The molecule has 0 aromatic rings. The van der Waals surface area contributed by atoms with E-state index in [1.165, 1.54) is 7.11 Å². The van der Waals surface area contributed by atoms with Gasteiger partial charge >= 0.3 is 8.25 Å². The van der Waals surface area contributed by atoms with Crippen molar-refractivity contribution in [3.05, 3.63) is 0 Å². The lowest BCUT2D eigenvalue weighted by Crippen LogP contribution is -2.36. The lowest BCUT2D eigenvalue weighted by atomic mass is 9.93. The molecule has 0 radical (unpaired) electrons. The molecule has 0 bridgehead atoms. The predicted molar refractivity (Wildman–Crippen MR) is 51.2 cm³/mol. The lowest BCUT2D eigenvalue weighted by molar-refractivity contribution is -0.00212.